The Labute approximate surface area is 147 Å². The van der Waals surface area contributed by atoms with Crippen LogP contribution in [-0.2, 0) is 13.6 Å². The molecule has 3 rings (SSSR count). The molecular weight excluding hydrogens is 320 g/mol. The van der Waals surface area contributed by atoms with Crippen LogP contribution in [0.5, 0.6) is 11.5 Å². The lowest BCUT2D eigenvalue weighted by atomic mass is 10.0. The first-order chi connectivity index (χ1) is 12.0. The molecule has 1 saturated heterocycles. The van der Waals surface area contributed by atoms with Crippen LogP contribution in [0, 0.1) is 6.92 Å². The summed E-state index contributed by atoms with van der Waals surface area (Å²) in [5, 5.41) is 4.24. The molecule has 1 aliphatic rings. The number of para-hydroxylation sites is 1. The third kappa shape index (κ3) is 3.42. The van der Waals surface area contributed by atoms with Gasteiger partial charge in [-0.15, -0.1) is 0 Å². The number of ether oxygens (including phenoxy) is 2. The van der Waals surface area contributed by atoms with Gasteiger partial charge >= 0.3 is 5.69 Å². The second-order valence-corrected chi connectivity index (χ2v) is 6.48. The number of methoxy groups -OCH3 is 2. The molecule has 2 aromatic rings. The summed E-state index contributed by atoms with van der Waals surface area (Å²) in [6.07, 6.45) is 1.89. The van der Waals surface area contributed by atoms with Crippen molar-refractivity contribution < 1.29 is 9.47 Å². The highest BCUT2D eigenvalue weighted by atomic mass is 16.5. The third-order valence-corrected chi connectivity index (χ3v) is 4.93. The summed E-state index contributed by atoms with van der Waals surface area (Å²) < 4.78 is 14.2. The van der Waals surface area contributed by atoms with Crippen molar-refractivity contribution >= 4 is 0 Å². The van der Waals surface area contributed by atoms with Crippen LogP contribution in [0.15, 0.2) is 23.0 Å². The second-order valence-electron chi connectivity index (χ2n) is 6.48. The minimum atomic E-state index is -0.0228. The Kier molecular flexibility index (Phi) is 5.13. The van der Waals surface area contributed by atoms with Crippen molar-refractivity contribution in [2.24, 2.45) is 7.05 Å². The summed E-state index contributed by atoms with van der Waals surface area (Å²) >= 11 is 0. The summed E-state index contributed by atoms with van der Waals surface area (Å²) in [5.74, 6) is 2.35. The van der Waals surface area contributed by atoms with Crippen molar-refractivity contribution in [1.29, 1.82) is 0 Å². The molecule has 7 heteroatoms. The molecule has 1 aromatic heterocycles. The van der Waals surface area contributed by atoms with Crippen molar-refractivity contribution in [2.75, 3.05) is 27.3 Å². The van der Waals surface area contributed by atoms with Gasteiger partial charge in [-0.1, -0.05) is 12.1 Å². The summed E-state index contributed by atoms with van der Waals surface area (Å²) in [7, 11) is 5.03. The van der Waals surface area contributed by atoms with Crippen LogP contribution in [-0.4, -0.2) is 46.6 Å². The van der Waals surface area contributed by atoms with E-state index in [1.165, 1.54) is 4.68 Å². The van der Waals surface area contributed by atoms with Crippen molar-refractivity contribution in [3.63, 3.8) is 0 Å². The first-order valence-electron chi connectivity index (χ1n) is 8.59. The average Bonchev–Trinajstić information content (AvgIpc) is 2.87. The van der Waals surface area contributed by atoms with Gasteiger partial charge in [0.15, 0.2) is 11.5 Å². The van der Waals surface area contributed by atoms with Gasteiger partial charge in [0.1, 0.15) is 5.82 Å². The van der Waals surface area contributed by atoms with E-state index in [1.54, 1.807) is 21.3 Å². The van der Waals surface area contributed by atoms with E-state index < -0.39 is 0 Å². The first kappa shape index (κ1) is 17.5. The fraction of sp³-hybridized carbons (Fsp3) is 0.556. The molecule has 2 heterocycles. The van der Waals surface area contributed by atoms with E-state index in [1.807, 2.05) is 23.6 Å². The van der Waals surface area contributed by atoms with E-state index in [9.17, 15) is 4.79 Å². The smallest absolute Gasteiger partial charge is 0.345 e. The Hall–Kier alpha value is -2.28. The van der Waals surface area contributed by atoms with E-state index >= 15 is 0 Å². The Balaban J connectivity index is 1.68. The Morgan fingerprint density at radius 1 is 1.20 bits per heavy atom. The van der Waals surface area contributed by atoms with Gasteiger partial charge in [-0.2, -0.15) is 5.10 Å². The Morgan fingerprint density at radius 2 is 1.92 bits per heavy atom. The van der Waals surface area contributed by atoms with Gasteiger partial charge in [-0.25, -0.2) is 9.48 Å². The Bertz CT molecular complexity index is 788. The summed E-state index contributed by atoms with van der Waals surface area (Å²) in [4.78, 5) is 14.6. The summed E-state index contributed by atoms with van der Waals surface area (Å²) in [6, 6.07) is 6.20. The highest BCUT2D eigenvalue weighted by Crippen LogP contribution is 2.32. The minimum absolute atomic E-state index is 0.0228. The molecule has 0 N–H and O–H groups in total. The average molecular weight is 346 g/mol. The third-order valence-electron chi connectivity index (χ3n) is 4.93. The maximum Gasteiger partial charge on any atom is 0.345 e. The lowest BCUT2D eigenvalue weighted by Gasteiger charge is -2.32. The molecule has 0 aliphatic carbocycles. The van der Waals surface area contributed by atoms with Crippen LogP contribution >= 0.6 is 0 Å². The monoisotopic (exact) mass is 346 g/mol. The van der Waals surface area contributed by atoms with Crippen LogP contribution in [0.1, 0.15) is 30.3 Å². The number of aromatic nitrogens is 3. The molecule has 0 atom stereocenters. The van der Waals surface area contributed by atoms with E-state index in [-0.39, 0.29) is 11.7 Å². The Morgan fingerprint density at radius 3 is 2.48 bits per heavy atom. The lowest BCUT2D eigenvalue weighted by molar-refractivity contribution is 0.174. The number of piperidine rings is 1. The normalized spacial score (nSPS) is 16.2. The number of rotatable bonds is 5. The summed E-state index contributed by atoms with van der Waals surface area (Å²) in [6.45, 7) is 4.58. The zero-order chi connectivity index (χ0) is 18.0. The molecule has 0 bridgehead atoms. The van der Waals surface area contributed by atoms with Gasteiger partial charge in [-0.3, -0.25) is 9.47 Å². The van der Waals surface area contributed by atoms with Gasteiger partial charge in [0.2, 0.25) is 0 Å². The van der Waals surface area contributed by atoms with Crippen LogP contribution in [0.25, 0.3) is 0 Å². The van der Waals surface area contributed by atoms with Gasteiger partial charge in [-0.05, 0) is 25.8 Å². The molecule has 7 nitrogen and oxygen atoms in total. The zero-order valence-corrected chi connectivity index (χ0v) is 15.4. The zero-order valence-electron chi connectivity index (χ0n) is 15.4. The first-order valence-corrected chi connectivity index (χ1v) is 8.59. The van der Waals surface area contributed by atoms with Crippen molar-refractivity contribution in [2.45, 2.75) is 32.4 Å². The van der Waals surface area contributed by atoms with Crippen LogP contribution in [0.3, 0.4) is 0 Å². The van der Waals surface area contributed by atoms with Crippen LogP contribution < -0.4 is 15.2 Å². The maximum absolute atomic E-state index is 12.2. The number of nitrogens with zero attached hydrogens (tertiary/aromatic N) is 4. The molecular formula is C18H26N4O3. The second kappa shape index (κ2) is 7.31. The van der Waals surface area contributed by atoms with E-state index in [0.717, 1.165) is 55.4 Å². The fourth-order valence-corrected chi connectivity index (χ4v) is 3.68. The fourth-order valence-electron chi connectivity index (χ4n) is 3.68. The van der Waals surface area contributed by atoms with Crippen LogP contribution in [0.2, 0.25) is 0 Å². The molecule has 0 saturated carbocycles. The van der Waals surface area contributed by atoms with Crippen LogP contribution in [0.4, 0.5) is 0 Å². The minimum Gasteiger partial charge on any atom is -0.493 e. The number of hydrogen-bond acceptors (Lipinski definition) is 5. The molecule has 1 aliphatic heterocycles. The molecule has 1 fully saturated rings. The molecule has 0 spiro atoms. The SMILES string of the molecule is COc1cccc(CN2CCC(n3c(C)nn(C)c3=O)CC2)c1OC. The number of benzene rings is 1. The highest BCUT2D eigenvalue weighted by molar-refractivity contribution is 5.46. The molecule has 136 valence electrons. The van der Waals surface area contributed by atoms with Crippen molar-refractivity contribution in [3.8, 4) is 11.5 Å². The predicted octanol–water partition coefficient (Wildman–Crippen LogP) is 1.74. The standard InChI is InChI=1S/C18H26N4O3/c1-13-19-20(2)18(23)22(13)15-8-10-21(11-9-15)12-14-6-5-7-16(24-3)17(14)25-4/h5-7,15H,8-12H2,1-4H3. The van der Waals surface area contributed by atoms with Gasteiger partial charge in [0, 0.05) is 38.3 Å². The number of likely N-dealkylation sites (tertiary alicyclic amines) is 1. The maximum atomic E-state index is 12.2. The number of hydrogen-bond donors (Lipinski definition) is 0. The van der Waals surface area contributed by atoms with Gasteiger partial charge in [0.05, 0.1) is 14.2 Å². The lowest BCUT2D eigenvalue weighted by Crippen LogP contribution is -2.37. The summed E-state index contributed by atoms with van der Waals surface area (Å²) in [5.41, 5.74) is 1.10. The van der Waals surface area contributed by atoms with E-state index in [2.05, 4.69) is 16.1 Å². The molecule has 25 heavy (non-hydrogen) atoms. The van der Waals surface area contributed by atoms with Crippen molar-refractivity contribution in [3.05, 3.63) is 40.1 Å². The number of aryl methyl sites for hydroxylation is 2. The van der Waals surface area contributed by atoms with Crippen molar-refractivity contribution in [1.82, 2.24) is 19.2 Å². The quantitative estimate of drug-likeness (QED) is 0.825. The molecule has 0 amide bonds. The van der Waals surface area contributed by atoms with Gasteiger partial charge in [0.25, 0.3) is 0 Å². The largest absolute Gasteiger partial charge is 0.493 e. The van der Waals surface area contributed by atoms with E-state index in [4.69, 9.17) is 9.47 Å². The topological polar surface area (TPSA) is 61.5 Å². The predicted molar refractivity (Wildman–Crippen MR) is 95.3 cm³/mol. The van der Waals surface area contributed by atoms with E-state index in [0.29, 0.717) is 0 Å². The van der Waals surface area contributed by atoms with Gasteiger partial charge < -0.3 is 9.47 Å². The molecule has 1 aromatic carbocycles. The highest BCUT2D eigenvalue weighted by Gasteiger charge is 2.25. The molecule has 0 unspecified atom stereocenters. The molecule has 0 radical (unpaired) electrons.